The molecule has 5 rings (SSSR count). The number of carbonyl (C=O) groups is 2. The van der Waals surface area contributed by atoms with Crippen molar-refractivity contribution in [1.82, 2.24) is 14.8 Å². The molecule has 0 spiro atoms. The van der Waals surface area contributed by atoms with Gasteiger partial charge in [0.15, 0.2) is 5.78 Å². The summed E-state index contributed by atoms with van der Waals surface area (Å²) < 4.78 is 2.05. The molecule has 2 N–H and O–H groups in total. The van der Waals surface area contributed by atoms with Crippen LogP contribution in [0.2, 0.25) is 0 Å². The van der Waals surface area contributed by atoms with E-state index in [1.807, 2.05) is 36.7 Å². The van der Waals surface area contributed by atoms with Crippen molar-refractivity contribution in [2.45, 2.75) is 25.8 Å². The van der Waals surface area contributed by atoms with E-state index >= 15 is 0 Å². The fourth-order valence-electron chi connectivity index (χ4n) is 4.60. The Morgan fingerprint density at radius 3 is 2.33 bits per heavy atom. The molecule has 2 aliphatic heterocycles. The fraction of sp³-hybridized carbons (Fsp3) is 0.259. The van der Waals surface area contributed by atoms with Crippen LogP contribution in [0.1, 0.15) is 41.3 Å². The summed E-state index contributed by atoms with van der Waals surface area (Å²) in [5, 5.41) is 6.69. The van der Waals surface area contributed by atoms with Gasteiger partial charge in [-0.1, -0.05) is 12.1 Å². The lowest BCUT2D eigenvalue weighted by atomic mass is 9.96. The van der Waals surface area contributed by atoms with Crippen LogP contribution in [-0.2, 0) is 4.79 Å². The lowest BCUT2D eigenvalue weighted by Gasteiger charge is -2.31. The molecule has 33 heavy (non-hydrogen) atoms. The van der Waals surface area contributed by atoms with Crippen LogP contribution in [0.15, 0.2) is 67.0 Å². The second kappa shape index (κ2) is 8.71. The lowest BCUT2D eigenvalue weighted by molar-refractivity contribution is -0.110. The molecule has 0 radical (unpaired) electrons. The SMILES string of the molecule is CC(=O)c1ccc2c(c1)/C(=C(\NC1CCN(C)CC1)c1ccc(-n3cccc3)cc1)C(=O)N2. The molecule has 6 nitrogen and oxygen atoms in total. The number of piperidine rings is 1. The van der Waals surface area contributed by atoms with Crippen molar-refractivity contribution in [2.24, 2.45) is 0 Å². The van der Waals surface area contributed by atoms with Crippen LogP contribution in [0.3, 0.4) is 0 Å². The van der Waals surface area contributed by atoms with Crippen molar-refractivity contribution in [2.75, 3.05) is 25.5 Å². The molecule has 1 aromatic heterocycles. The van der Waals surface area contributed by atoms with Crippen LogP contribution >= 0.6 is 0 Å². The molecule has 0 aliphatic carbocycles. The van der Waals surface area contributed by atoms with Crippen molar-refractivity contribution in [1.29, 1.82) is 0 Å². The number of benzene rings is 2. The van der Waals surface area contributed by atoms with Gasteiger partial charge in [0, 0.05) is 40.9 Å². The van der Waals surface area contributed by atoms with Crippen molar-refractivity contribution in [3.8, 4) is 5.69 Å². The maximum Gasteiger partial charge on any atom is 0.258 e. The lowest BCUT2D eigenvalue weighted by Crippen LogP contribution is -2.40. The molecular weight excluding hydrogens is 412 g/mol. The summed E-state index contributed by atoms with van der Waals surface area (Å²) >= 11 is 0. The monoisotopic (exact) mass is 440 g/mol. The molecule has 1 fully saturated rings. The first-order valence-electron chi connectivity index (χ1n) is 11.4. The Morgan fingerprint density at radius 2 is 1.67 bits per heavy atom. The summed E-state index contributed by atoms with van der Waals surface area (Å²) in [6.07, 6.45) is 6.04. The van der Waals surface area contributed by atoms with E-state index in [0.717, 1.165) is 54.1 Å². The molecule has 168 valence electrons. The van der Waals surface area contributed by atoms with Crippen LogP contribution in [0.4, 0.5) is 5.69 Å². The summed E-state index contributed by atoms with van der Waals surface area (Å²) in [5.74, 6) is -0.159. The predicted molar refractivity (Wildman–Crippen MR) is 131 cm³/mol. The number of anilines is 1. The first-order valence-corrected chi connectivity index (χ1v) is 11.4. The van der Waals surface area contributed by atoms with Crippen molar-refractivity contribution in [3.05, 3.63) is 83.7 Å². The normalized spacial score (nSPS) is 18.1. The van der Waals surface area contributed by atoms with Crippen molar-refractivity contribution < 1.29 is 9.59 Å². The number of Topliss-reactive ketones (excluding diaryl/α,β-unsaturated/α-hetero) is 1. The summed E-state index contributed by atoms with van der Waals surface area (Å²) in [6, 6.07) is 17.9. The van der Waals surface area contributed by atoms with E-state index in [1.165, 1.54) is 0 Å². The number of amides is 1. The van der Waals surface area contributed by atoms with Crippen molar-refractivity contribution in [3.63, 3.8) is 0 Å². The predicted octanol–water partition coefficient (Wildman–Crippen LogP) is 4.18. The van der Waals surface area contributed by atoms with E-state index in [2.05, 4.69) is 51.4 Å². The third kappa shape index (κ3) is 4.22. The molecular formula is C27H28N4O2. The third-order valence-corrected chi connectivity index (χ3v) is 6.55. The van der Waals surface area contributed by atoms with E-state index in [4.69, 9.17) is 0 Å². The second-order valence-corrected chi connectivity index (χ2v) is 8.88. The van der Waals surface area contributed by atoms with Crippen LogP contribution in [0.5, 0.6) is 0 Å². The minimum Gasteiger partial charge on any atom is -0.381 e. The van der Waals surface area contributed by atoms with Gasteiger partial charge in [-0.2, -0.15) is 0 Å². The number of likely N-dealkylation sites (tertiary alicyclic amines) is 1. The molecule has 3 heterocycles. The average molecular weight is 441 g/mol. The molecule has 0 bridgehead atoms. The molecule has 0 atom stereocenters. The Balaban J connectivity index is 1.60. The van der Waals surface area contributed by atoms with Crippen LogP contribution < -0.4 is 10.6 Å². The number of nitrogens with zero attached hydrogens (tertiary/aromatic N) is 2. The highest BCUT2D eigenvalue weighted by molar-refractivity contribution is 6.36. The zero-order chi connectivity index (χ0) is 22.9. The number of ketones is 1. The van der Waals surface area contributed by atoms with Crippen LogP contribution in [0.25, 0.3) is 17.0 Å². The topological polar surface area (TPSA) is 66.4 Å². The maximum absolute atomic E-state index is 13.2. The Hall–Kier alpha value is -3.64. The largest absolute Gasteiger partial charge is 0.381 e. The van der Waals surface area contributed by atoms with Gasteiger partial charge < -0.3 is 20.1 Å². The van der Waals surface area contributed by atoms with Gasteiger partial charge in [-0.05, 0) is 87.9 Å². The maximum atomic E-state index is 13.2. The van der Waals surface area contributed by atoms with Gasteiger partial charge in [0.1, 0.15) is 0 Å². The number of rotatable bonds is 5. The number of hydrogen-bond donors (Lipinski definition) is 2. The number of hydrogen-bond acceptors (Lipinski definition) is 4. The highest BCUT2D eigenvalue weighted by atomic mass is 16.2. The summed E-state index contributed by atoms with van der Waals surface area (Å²) in [4.78, 5) is 27.5. The van der Waals surface area contributed by atoms with Gasteiger partial charge >= 0.3 is 0 Å². The molecule has 0 saturated carbocycles. The average Bonchev–Trinajstić information content (AvgIpc) is 3.46. The second-order valence-electron chi connectivity index (χ2n) is 8.88. The standard InChI is InChI=1S/C27H28N4O2/c1-18(32)20-7-10-24-23(17-20)25(27(33)29-24)26(28-21-11-15-30(2)16-12-21)19-5-8-22(9-6-19)31-13-3-4-14-31/h3-10,13-14,17,21,28H,11-12,15-16H2,1-2H3,(H,29,33)/b26-25+. The van der Waals surface area contributed by atoms with Crippen LogP contribution in [-0.4, -0.2) is 47.3 Å². The summed E-state index contributed by atoms with van der Waals surface area (Å²) in [5.41, 5.74) is 5.55. The van der Waals surface area contributed by atoms with Gasteiger partial charge in [-0.15, -0.1) is 0 Å². The first kappa shape index (κ1) is 21.2. The van der Waals surface area contributed by atoms with E-state index in [-0.39, 0.29) is 17.7 Å². The van der Waals surface area contributed by atoms with Crippen molar-refractivity contribution >= 4 is 28.6 Å². The number of nitrogens with one attached hydrogen (secondary N) is 2. The quantitative estimate of drug-likeness (QED) is 0.461. The van der Waals surface area contributed by atoms with E-state index in [1.54, 1.807) is 13.0 Å². The molecule has 1 saturated heterocycles. The van der Waals surface area contributed by atoms with Gasteiger partial charge in [-0.3, -0.25) is 9.59 Å². The Labute approximate surface area is 193 Å². The molecule has 0 unspecified atom stereocenters. The van der Waals surface area contributed by atoms with Crippen LogP contribution in [0, 0.1) is 0 Å². The minimum atomic E-state index is -0.143. The van der Waals surface area contributed by atoms with E-state index in [0.29, 0.717) is 11.1 Å². The number of carbonyl (C=O) groups excluding carboxylic acids is 2. The summed E-state index contributed by atoms with van der Waals surface area (Å²) in [6.45, 7) is 3.58. The van der Waals surface area contributed by atoms with Gasteiger partial charge in [0.25, 0.3) is 5.91 Å². The number of aromatic nitrogens is 1. The Morgan fingerprint density at radius 1 is 1.00 bits per heavy atom. The molecule has 3 aromatic rings. The van der Waals surface area contributed by atoms with Gasteiger partial charge in [0.05, 0.1) is 11.3 Å². The fourth-order valence-corrected chi connectivity index (χ4v) is 4.60. The molecule has 6 heteroatoms. The highest BCUT2D eigenvalue weighted by Gasteiger charge is 2.30. The zero-order valence-electron chi connectivity index (χ0n) is 19.0. The van der Waals surface area contributed by atoms with Gasteiger partial charge in [-0.25, -0.2) is 0 Å². The summed E-state index contributed by atoms with van der Waals surface area (Å²) in [7, 11) is 2.14. The first-order chi connectivity index (χ1) is 16.0. The highest BCUT2D eigenvalue weighted by Crippen LogP contribution is 2.37. The van der Waals surface area contributed by atoms with E-state index < -0.39 is 0 Å². The smallest absolute Gasteiger partial charge is 0.258 e. The minimum absolute atomic E-state index is 0.0163. The Bertz CT molecular complexity index is 1220. The molecule has 1 amide bonds. The molecule has 2 aliphatic rings. The van der Waals surface area contributed by atoms with E-state index in [9.17, 15) is 9.59 Å². The molecule has 2 aromatic carbocycles. The zero-order valence-corrected chi connectivity index (χ0v) is 19.0. The third-order valence-electron chi connectivity index (χ3n) is 6.55. The number of fused-ring (bicyclic) bond motifs is 1. The Kier molecular flexibility index (Phi) is 5.60. The van der Waals surface area contributed by atoms with Gasteiger partial charge in [0.2, 0.25) is 0 Å².